The molecule has 2 nitrogen and oxygen atoms in total. The SMILES string of the molecule is O=C(OC1CCSC1)c1ccsc1. The molecule has 2 rings (SSSR count). The molecule has 0 spiro atoms. The molecule has 1 aromatic rings. The summed E-state index contributed by atoms with van der Waals surface area (Å²) in [7, 11) is 0. The number of thioether (sulfide) groups is 1. The van der Waals surface area contributed by atoms with Crippen molar-refractivity contribution in [1.82, 2.24) is 0 Å². The molecule has 0 aliphatic carbocycles. The highest BCUT2D eigenvalue weighted by atomic mass is 32.2. The van der Waals surface area contributed by atoms with E-state index in [1.807, 2.05) is 22.5 Å². The molecule has 0 aromatic carbocycles. The van der Waals surface area contributed by atoms with Crippen molar-refractivity contribution in [3.8, 4) is 0 Å². The van der Waals surface area contributed by atoms with Gasteiger partial charge in [-0.1, -0.05) is 0 Å². The van der Waals surface area contributed by atoms with E-state index in [0.717, 1.165) is 17.9 Å². The van der Waals surface area contributed by atoms with Gasteiger partial charge < -0.3 is 4.74 Å². The minimum absolute atomic E-state index is 0.136. The summed E-state index contributed by atoms with van der Waals surface area (Å²) in [6, 6.07) is 1.80. The Morgan fingerprint density at radius 2 is 2.54 bits per heavy atom. The van der Waals surface area contributed by atoms with Gasteiger partial charge in [0.15, 0.2) is 0 Å². The molecule has 0 saturated carbocycles. The van der Waals surface area contributed by atoms with Crippen LogP contribution in [0.3, 0.4) is 0 Å². The second-order valence-electron chi connectivity index (χ2n) is 2.90. The molecule has 1 aliphatic rings. The third kappa shape index (κ3) is 2.25. The van der Waals surface area contributed by atoms with Gasteiger partial charge in [0.2, 0.25) is 0 Å². The summed E-state index contributed by atoms with van der Waals surface area (Å²) in [6.45, 7) is 0. The van der Waals surface area contributed by atoms with E-state index in [9.17, 15) is 4.79 Å². The highest BCUT2D eigenvalue weighted by Gasteiger charge is 2.20. The highest BCUT2D eigenvalue weighted by molar-refractivity contribution is 7.99. The lowest BCUT2D eigenvalue weighted by Crippen LogP contribution is -2.16. The zero-order valence-electron chi connectivity index (χ0n) is 7.06. The van der Waals surface area contributed by atoms with E-state index in [1.165, 1.54) is 11.3 Å². The van der Waals surface area contributed by atoms with Crippen LogP contribution in [0.1, 0.15) is 16.8 Å². The Kier molecular flexibility index (Phi) is 2.90. The highest BCUT2D eigenvalue weighted by Crippen LogP contribution is 2.21. The van der Waals surface area contributed by atoms with Gasteiger partial charge in [0, 0.05) is 11.1 Å². The minimum Gasteiger partial charge on any atom is -0.458 e. The third-order valence-electron chi connectivity index (χ3n) is 1.92. The summed E-state index contributed by atoms with van der Waals surface area (Å²) in [5.41, 5.74) is 0.682. The van der Waals surface area contributed by atoms with Gasteiger partial charge in [0.05, 0.1) is 5.56 Å². The van der Waals surface area contributed by atoms with Crippen LogP contribution in [0.5, 0.6) is 0 Å². The molecular formula is C9H10O2S2. The van der Waals surface area contributed by atoms with Crippen LogP contribution in [0.2, 0.25) is 0 Å². The van der Waals surface area contributed by atoms with Crippen LogP contribution in [-0.4, -0.2) is 23.6 Å². The van der Waals surface area contributed by atoms with E-state index in [4.69, 9.17) is 4.74 Å². The first-order valence-electron chi connectivity index (χ1n) is 4.17. The van der Waals surface area contributed by atoms with Crippen LogP contribution in [0.4, 0.5) is 0 Å². The maximum atomic E-state index is 11.4. The Morgan fingerprint density at radius 3 is 3.15 bits per heavy atom. The maximum absolute atomic E-state index is 11.4. The molecule has 0 amide bonds. The second kappa shape index (κ2) is 4.15. The first-order valence-corrected chi connectivity index (χ1v) is 6.27. The molecule has 1 atom stereocenters. The molecule has 13 heavy (non-hydrogen) atoms. The van der Waals surface area contributed by atoms with Gasteiger partial charge in [-0.05, 0) is 23.6 Å². The lowest BCUT2D eigenvalue weighted by molar-refractivity contribution is 0.0357. The molecule has 4 heteroatoms. The quantitative estimate of drug-likeness (QED) is 0.707. The summed E-state index contributed by atoms with van der Waals surface area (Å²) >= 11 is 3.37. The van der Waals surface area contributed by atoms with Crippen molar-refractivity contribution in [2.24, 2.45) is 0 Å². The van der Waals surface area contributed by atoms with Crippen LogP contribution in [-0.2, 0) is 4.74 Å². The molecule has 1 unspecified atom stereocenters. The van der Waals surface area contributed by atoms with Gasteiger partial charge in [0.1, 0.15) is 6.10 Å². The summed E-state index contributed by atoms with van der Waals surface area (Å²) in [5, 5.41) is 3.71. The largest absolute Gasteiger partial charge is 0.458 e. The van der Waals surface area contributed by atoms with Gasteiger partial charge in [-0.3, -0.25) is 0 Å². The Labute approximate surface area is 85.3 Å². The van der Waals surface area contributed by atoms with Crippen molar-refractivity contribution in [2.75, 3.05) is 11.5 Å². The van der Waals surface area contributed by atoms with Crippen LogP contribution in [0, 0.1) is 0 Å². The smallest absolute Gasteiger partial charge is 0.339 e. The van der Waals surface area contributed by atoms with Crippen LogP contribution < -0.4 is 0 Å². The molecule has 0 N–H and O–H groups in total. The van der Waals surface area contributed by atoms with E-state index >= 15 is 0 Å². The average molecular weight is 214 g/mol. The molecule has 70 valence electrons. The molecule has 2 heterocycles. The van der Waals surface area contributed by atoms with Crippen LogP contribution >= 0.6 is 23.1 Å². The third-order valence-corrected chi connectivity index (χ3v) is 3.73. The van der Waals surface area contributed by atoms with Gasteiger partial charge >= 0.3 is 5.97 Å². The molecule has 0 radical (unpaired) electrons. The predicted molar refractivity (Wildman–Crippen MR) is 55.5 cm³/mol. The lowest BCUT2D eigenvalue weighted by Gasteiger charge is -2.08. The summed E-state index contributed by atoms with van der Waals surface area (Å²) in [4.78, 5) is 11.4. The Bertz CT molecular complexity index is 276. The number of carbonyl (C=O) groups excluding carboxylic acids is 1. The van der Waals surface area contributed by atoms with Crippen molar-refractivity contribution < 1.29 is 9.53 Å². The van der Waals surface area contributed by atoms with E-state index in [1.54, 1.807) is 6.07 Å². The number of ether oxygens (including phenoxy) is 1. The fourth-order valence-corrected chi connectivity index (χ4v) is 2.92. The van der Waals surface area contributed by atoms with Crippen molar-refractivity contribution >= 4 is 29.1 Å². The lowest BCUT2D eigenvalue weighted by atomic mass is 10.3. The van der Waals surface area contributed by atoms with E-state index in [-0.39, 0.29) is 12.1 Å². The van der Waals surface area contributed by atoms with E-state index < -0.39 is 0 Å². The molecule has 0 bridgehead atoms. The molecule has 1 fully saturated rings. The number of hydrogen-bond acceptors (Lipinski definition) is 4. The maximum Gasteiger partial charge on any atom is 0.339 e. The van der Waals surface area contributed by atoms with Crippen molar-refractivity contribution in [1.29, 1.82) is 0 Å². The van der Waals surface area contributed by atoms with E-state index in [0.29, 0.717) is 5.56 Å². The first kappa shape index (κ1) is 9.09. The van der Waals surface area contributed by atoms with Crippen molar-refractivity contribution in [3.05, 3.63) is 22.4 Å². The average Bonchev–Trinajstić information content (AvgIpc) is 2.74. The standard InChI is InChI=1S/C9H10O2S2/c10-9(7-1-3-12-5-7)11-8-2-4-13-6-8/h1,3,5,8H,2,4,6H2. The van der Waals surface area contributed by atoms with Gasteiger partial charge in [-0.2, -0.15) is 23.1 Å². The van der Waals surface area contributed by atoms with Gasteiger partial charge in [-0.15, -0.1) is 0 Å². The predicted octanol–water partition coefficient (Wildman–Crippen LogP) is 2.41. The molecule has 1 saturated heterocycles. The summed E-state index contributed by atoms with van der Waals surface area (Å²) < 4.78 is 5.30. The minimum atomic E-state index is -0.172. The zero-order valence-corrected chi connectivity index (χ0v) is 8.70. The van der Waals surface area contributed by atoms with Crippen LogP contribution in [0.15, 0.2) is 16.8 Å². The van der Waals surface area contributed by atoms with Gasteiger partial charge in [0.25, 0.3) is 0 Å². The van der Waals surface area contributed by atoms with E-state index in [2.05, 4.69) is 0 Å². The summed E-state index contributed by atoms with van der Waals surface area (Å²) in [6.07, 6.45) is 1.14. The Hall–Kier alpha value is -0.480. The summed E-state index contributed by atoms with van der Waals surface area (Å²) in [5.74, 6) is 1.89. The van der Waals surface area contributed by atoms with Gasteiger partial charge in [-0.25, -0.2) is 4.79 Å². The number of thiophene rings is 1. The number of hydrogen-bond donors (Lipinski definition) is 0. The topological polar surface area (TPSA) is 26.3 Å². The molecular weight excluding hydrogens is 204 g/mol. The number of carbonyl (C=O) groups is 1. The van der Waals surface area contributed by atoms with Crippen molar-refractivity contribution in [2.45, 2.75) is 12.5 Å². The Balaban J connectivity index is 1.91. The monoisotopic (exact) mass is 214 g/mol. The Morgan fingerprint density at radius 1 is 1.62 bits per heavy atom. The molecule has 1 aliphatic heterocycles. The van der Waals surface area contributed by atoms with Crippen LogP contribution in [0.25, 0.3) is 0 Å². The first-order chi connectivity index (χ1) is 6.36. The number of rotatable bonds is 2. The fraction of sp³-hybridized carbons (Fsp3) is 0.444. The fourth-order valence-electron chi connectivity index (χ4n) is 1.21. The number of esters is 1. The van der Waals surface area contributed by atoms with Crippen molar-refractivity contribution in [3.63, 3.8) is 0 Å². The normalized spacial score (nSPS) is 21.7. The zero-order chi connectivity index (χ0) is 9.10. The molecule has 1 aromatic heterocycles. The second-order valence-corrected chi connectivity index (χ2v) is 4.83.